The van der Waals surface area contributed by atoms with Crippen LogP contribution in [0.15, 0.2) is 34.7 Å². The Kier molecular flexibility index (Phi) is 5.74. The SMILES string of the molecule is O=C1C(=NSCl)N(c2ccccc2)C(=O)N1C(Cl)C(Cl)(Cl)Cl. The van der Waals surface area contributed by atoms with Gasteiger partial charge in [0.2, 0.25) is 9.63 Å². The van der Waals surface area contributed by atoms with E-state index in [0.29, 0.717) is 21.7 Å². The van der Waals surface area contributed by atoms with E-state index in [-0.39, 0.29) is 5.84 Å². The van der Waals surface area contributed by atoms with E-state index < -0.39 is 21.2 Å². The van der Waals surface area contributed by atoms with Crippen molar-refractivity contribution in [1.82, 2.24) is 4.90 Å². The molecule has 0 aromatic heterocycles. The third kappa shape index (κ3) is 3.42. The molecule has 0 aliphatic carbocycles. The molecule has 2 rings (SSSR count). The summed E-state index contributed by atoms with van der Waals surface area (Å²) < 4.78 is 1.70. The van der Waals surface area contributed by atoms with Crippen molar-refractivity contribution in [1.29, 1.82) is 0 Å². The number of halogens is 5. The molecule has 1 aromatic rings. The van der Waals surface area contributed by atoms with Gasteiger partial charge in [-0.2, -0.15) is 4.40 Å². The Morgan fingerprint density at radius 1 is 1.14 bits per heavy atom. The summed E-state index contributed by atoms with van der Waals surface area (Å²) >= 11 is 23.5. The summed E-state index contributed by atoms with van der Waals surface area (Å²) in [6.45, 7) is 0. The fraction of sp³-hybridized carbons (Fsp3) is 0.182. The number of hydrogen-bond donors (Lipinski definition) is 0. The molecule has 0 bridgehead atoms. The molecule has 1 atom stereocenters. The van der Waals surface area contributed by atoms with Gasteiger partial charge in [0.1, 0.15) is 0 Å². The van der Waals surface area contributed by atoms with Gasteiger partial charge in [0.25, 0.3) is 0 Å². The fourth-order valence-electron chi connectivity index (χ4n) is 1.76. The van der Waals surface area contributed by atoms with E-state index in [1.165, 1.54) is 0 Å². The molecule has 1 aliphatic heterocycles. The van der Waals surface area contributed by atoms with Gasteiger partial charge in [-0.15, -0.1) is 0 Å². The topological polar surface area (TPSA) is 53.0 Å². The van der Waals surface area contributed by atoms with Gasteiger partial charge in [-0.3, -0.25) is 4.79 Å². The van der Waals surface area contributed by atoms with Crippen LogP contribution in [-0.2, 0) is 4.79 Å². The van der Waals surface area contributed by atoms with Crippen molar-refractivity contribution in [2.24, 2.45) is 4.40 Å². The number of amides is 3. The summed E-state index contributed by atoms with van der Waals surface area (Å²) in [4.78, 5) is 26.6. The average Bonchev–Trinajstić information content (AvgIpc) is 2.70. The Bertz CT molecular complexity index is 622. The number of carbonyl (C=O) groups is 2. The molecule has 1 saturated heterocycles. The first-order chi connectivity index (χ1) is 10.3. The van der Waals surface area contributed by atoms with Crippen LogP contribution in [0.4, 0.5) is 10.5 Å². The maximum Gasteiger partial charge on any atom is 0.338 e. The number of imide groups is 1. The standard InChI is InChI=1S/C11H6Cl5N3O2S/c12-9(11(13,14)15)19-8(20)7(17-22-16)18(10(19)21)6-4-2-1-3-5-6/h1-5,9H. The Labute approximate surface area is 154 Å². The molecule has 3 amide bonds. The molecule has 5 nitrogen and oxygen atoms in total. The average molecular weight is 422 g/mol. The zero-order valence-corrected chi connectivity index (χ0v) is 15.0. The van der Waals surface area contributed by atoms with Crippen LogP contribution < -0.4 is 4.90 Å². The number of benzene rings is 1. The van der Waals surface area contributed by atoms with Crippen LogP contribution in [-0.4, -0.2) is 32.0 Å². The van der Waals surface area contributed by atoms with Crippen LogP contribution in [0, 0.1) is 0 Å². The van der Waals surface area contributed by atoms with Crippen LogP contribution >= 0.6 is 68.2 Å². The molecule has 118 valence electrons. The minimum Gasteiger partial charge on any atom is -0.265 e. The van der Waals surface area contributed by atoms with Gasteiger partial charge in [-0.1, -0.05) is 64.6 Å². The van der Waals surface area contributed by atoms with Crippen LogP contribution in [0.3, 0.4) is 0 Å². The number of hydrogen-bond acceptors (Lipinski definition) is 4. The minimum absolute atomic E-state index is 0.226. The first kappa shape index (κ1) is 18.0. The van der Waals surface area contributed by atoms with Gasteiger partial charge in [0.15, 0.2) is 5.50 Å². The fourth-order valence-corrected chi connectivity index (χ4v) is 2.64. The predicted octanol–water partition coefficient (Wildman–Crippen LogP) is 4.59. The molecule has 1 unspecified atom stereocenters. The molecule has 1 aromatic carbocycles. The number of alkyl halides is 4. The zero-order chi connectivity index (χ0) is 16.5. The van der Waals surface area contributed by atoms with Crippen LogP contribution in [0.2, 0.25) is 0 Å². The Hall–Kier alpha value is -0.370. The van der Waals surface area contributed by atoms with Crippen molar-refractivity contribution in [2.45, 2.75) is 9.29 Å². The number of amidine groups is 1. The number of carbonyl (C=O) groups excluding carboxylic acids is 2. The maximum absolute atomic E-state index is 12.5. The van der Waals surface area contributed by atoms with Gasteiger partial charge in [0, 0.05) is 0 Å². The highest BCUT2D eigenvalue weighted by molar-refractivity contribution is 8.20. The first-order valence-electron chi connectivity index (χ1n) is 5.58. The Morgan fingerprint density at radius 2 is 1.73 bits per heavy atom. The second-order valence-corrected chi connectivity index (χ2v) is 7.51. The number of anilines is 1. The minimum atomic E-state index is -2.06. The maximum atomic E-state index is 12.5. The lowest BCUT2D eigenvalue weighted by Gasteiger charge is -2.25. The van der Waals surface area contributed by atoms with Gasteiger partial charge in [-0.05, 0) is 22.8 Å². The summed E-state index contributed by atoms with van der Waals surface area (Å²) in [5, 5.41) is 0. The molecule has 22 heavy (non-hydrogen) atoms. The molecule has 1 aliphatic rings. The van der Waals surface area contributed by atoms with E-state index in [2.05, 4.69) is 4.40 Å². The van der Waals surface area contributed by atoms with E-state index in [9.17, 15) is 9.59 Å². The van der Waals surface area contributed by atoms with Crippen LogP contribution in [0.1, 0.15) is 0 Å². The van der Waals surface area contributed by atoms with Crippen LogP contribution in [0.5, 0.6) is 0 Å². The van der Waals surface area contributed by atoms with Crippen molar-refractivity contribution in [3.63, 3.8) is 0 Å². The van der Waals surface area contributed by atoms with E-state index in [1.807, 2.05) is 0 Å². The summed E-state index contributed by atoms with van der Waals surface area (Å²) in [6, 6.07) is 7.57. The van der Waals surface area contributed by atoms with Gasteiger partial charge in [0.05, 0.1) is 16.8 Å². The van der Waals surface area contributed by atoms with E-state index in [0.717, 1.165) is 4.90 Å². The second-order valence-electron chi connectivity index (χ2n) is 3.99. The normalized spacial score (nSPS) is 19.2. The lowest BCUT2D eigenvalue weighted by Crippen LogP contribution is -2.44. The molecule has 11 heteroatoms. The molecule has 0 spiro atoms. The number of rotatable bonds is 3. The third-order valence-corrected chi connectivity index (χ3v) is 4.58. The van der Waals surface area contributed by atoms with Gasteiger partial charge in [-0.25, -0.2) is 14.6 Å². The number of nitrogens with zero attached hydrogens (tertiary/aromatic N) is 3. The van der Waals surface area contributed by atoms with Crippen molar-refractivity contribution >= 4 is 91.7 Å². The van der Waals surface area contributed by atoms with E-state index in [4.69, 9.17) is 57.1 Å². The van der Waals surface area contributed by atoms with Crippen molar-refractivity contribution in [3.8, 4) is 0 Å². The van der Waals surface area contributed by atoms with E-state index >= 15 is 0 Å². The molecule has 0 N–H and O–H groups in total. The molecular weight excluding hydrogens is 415 g/mol. The molecule has 0 saturated carbocycles. The number of para-hydroxylation sites is 1. The molecular formula is C11H6Cl5N3O2S. The predicted molar refractivity (Wildman–Crippen MR) is 92.0 cm³/mol. The molecule has 1 fully saturated rings. The van der Waals surface area contributed by atoms with Crippen molar-refractivity contribution < 1.29 is 9.59 Å². The first-order valence-corrected chi connectivity index (χ1v) is 8.75. The zero-order valence-electron chi connectivity index (χ0n) is 10.4. The second kappa shape index (κ2) is 7.03. The third-order valence-electron chi connectivity index (χ3n) is 2.65. The highest BCUT2D eigenvalue weighted by Gasteiger charge is 2.51. The highest BCUT2D eigenvalue weighted by atomic mass is 35.7. The summed E-state index contributed by atoms with van der Waals surface area (Å²) in [5.74, 6) is -1.04. The molecule has 1 heterocycles. The number of urea groups is 1. The molecule has 0 radical (unpaired) electrons. The van der Waals surface area contributed by atoms with Crippen LogP contribution in [0.25, 0.3) is 0 Å². The van der Waals surface area contributed by atoms with Crippen molar-refractivity contribution in [3.05, 3.63) is 30.3 Å². The Morgan fingerprint density at radius 3 is 2.23 bits per heavy atom. The summed E-state index contributed by atoms with van der Waals surface area (Å²) in [5.41, 5.74) is -1.10. The quantitative estimate of drug-likeness (QED) is 0.310. The lowest BCUT2D eigenvalue weighted by atomic mass is 10.3. The smallest absolute Gasteiger partial charge is 0.265 e. The summed E-state index contributed by atoms with van der Waals surface area (Å²) in [7, 11) is 5.47. The summed E-state index contributed by atoms with van der Waals surface area (Å²) in [6.07, 6.45) is 0. The monoisotopic (exact) mass is 419 g/mol. The highest BCUT2D eigenvalue weighted by Crippen LogP contribution is 2.38. The van der Waals surface area contributed by atoms with E-state index in [1.54, 1.807) is 30.3 Å². The Balaban J connectivity index is 2.49. The van der Waals surface area contributed by atoms with Gasteiger partial charge >= 0.3 is 11.9 Å². The lowest BCUT2D eigenvalue weighted by molar-refractivity contribution is -0.120. The van der Waals surface area contributed by atoms with Crippen molar-refractivity contribution in [2.75, 3.05) is 4.90 Å². The van der Waals surface area contributed by atoms with Gasteiger partial charge < -0.3 is 0 Å². The largest absolute Gasteiger partial charge is 0.338 e.